The SMILES string of the molecule is COC(C)CNC(C)CNCc1ccco1. The number of nitrogens with one attached hydrogen (secondary N) is 2. The second-order valence-electron chi connectivity index (χ2n) is 4.07. The molecule has 1 rings (SSSR count). The van der Waals surface area contributed by atoms with Gasteiger partial charge in [-0.05, 0) is 26.0 Å². The van der Waals surface area contributed by atoms with E-state index in [-0.39, 0.29) is 6.10 Å². The summed E-state index contributed by atoms with van der Waals surface area (Å²) in [7, 11) is 1.73. The Morgan fingerprint density at radius 3 is 2.81 bits per heavy atom. The molecule has 4 heteroatoms. The van der Waals surface area contributed by atoms with Crippen LogP contribution in [0.3, 0.4) is 0 Å². The van der Waals surface area contributed by atoms with E-state index in [2.05, 4.69) is 24.5 Å². The fourth-order valence-corrected chi connectivity index (χ4v) is 1.35. The van der Waals surface area contributed by atoms with Gasteiger partial charge >= 0.3 is 0 Å². The predicted octanol–water partition coefficient (Wildman–Crippen LogP) is 1.38. The third-order valence-electron chi connectivity index (χ3n) is 2.49. The van der Waals surface area contributed by atoms with Crippen LogP contribution in [0.15, 0.2) is 22.8 Å². The molecule has 2 N–H and O–H groups in total. The van der Waals surface area contributed by atoms with Crippen molar-refractivity contribution in [3.05, 3.63) is 24.2 Å². The van der Waals surface area contributed by atoms with Crippen LogP contribution < -0.4 is 10.6 Å². The second kappa shape index (κ2) is 7.44. The Morgan fingerprint density at radius 1 is 1.38 bits per heavy atom. The molecule has 4 nitrogen and oxygen atoms in total. The summed E-state index contributed by atoms with van der Waals surface area (Å²) < 4.78 is 10.4. The van der Waals surface area contributed by atoms with E-state index in [1.807, 2.05) is 12.1 Å². The van der Waals surface area contributed by atoms with E-state index in [1.165, 1.54) is 0 Å². The first-order valence-corrected chi connectivity index (χ1v) is 5.71. The van der Waals surface area contributed by atoms with Gasteiger partial charge in [0.2, 0.25) is 0 Å². The summed E-state index contributed by atoms with van der Waals surface area (Å²) in [5.74, 6) is 0.970. The maximum atomic E-state index is 5.23. The molecule has 1 aromatic rings. The number of ether oxygens (including phenoxy) is 1. The molecular formula is C12H22N2O2. The molecule has 0 saturated heterocycles. The highest BCUT2D eigenvalue weighted by Gasteiger charge is 2.04. The van der Waals surface area contributed by atoms with Gasteiger partial charge < -0.3 is 19.8 Å². The van der Waals surface area contributed by atoms with Crippen LogP contribution in [0.1, 0.15) is 19.6 Å². The normalized spacial score (nSPS) is 14.9. The summed E-state index contributed by atoms with van der Waals surface area (Å²) in [6.45, 7) is 6.77. The fraction of sp³-hybridized carbons (Fsp3) is 0.667. The average Bonchev–Trinajstić information content (AvgIpc) is 2.79. The van der Waals surface area contributed by atoms with Crippen molar-refractivity contribution in [2.45, 2.75) is 32.5 Å². The predicted molar refractivity (Wildman–Crippen MR) is 64.4 cm³/mol. The minimum atomic E-state index is 0.257. The Bertz CT molecular complexity index is 262. The van der Waals surface area contributed by atoms with E-state index in [0.29, 0.717) is 6.04 Å². The molecule has 0 aliphatic rings. The average molecular weight is 226 g/mol. The van der Waals surface area contributed by atoms with Crippen LogP contribution in [-0.4, -0.2) is 32.3 Å². The smallest absolute Gasteiger partial charge is 0.117 e. The number of methoxy groups -OCH3 is 1. The summed E-state index contributed by atoms with van der Waals surface area (Å²) in [5, 5.41) is 6.73. The van der Waals surface area contributed by atoms with E-state index >= 15 is 0 Å². The van der Waals surface area contributed by atoms with Gasteiger partial charge in [0, 0.05) is 26.2 Å². The van der Waals surface area contributed by atoms with Crippen molar-refractivity contribution in [1.82, 2.24) is 10.6 Å². The minimum Gasteiger partial charge on any atom is -0.468 e. The lowest BCUT2D eigenvalue weighted by Gasteiger charge is -2.17. The molecule has 0 amide bonds. The fourth-order valence-electron chi connectivity index (χ4n) is 1.35. The van der Waals surface area contributed by atoms with E-state index < -0.39 is 0 Å². The summed E-state index contributed by atoms with van der Waals surface area (Å²) in [6, 6.07) is 4.30. The van der Waals surface area contributed by atoms with Crippen LogP contribution in [0.25, 0.3) is 0 Å². The highest BCUT2D eigenvalue weighted by atomic mass is 16.5. The highest BCUT2D eigenvalue weighted by Crippen LogP contribution is 1.98. The molecule has 0 saturated carbocycles. The molecule has 2 atom stereocenters. The molecule has 2 unspecified atom stereocenters. The quantitative estimate of drug-likeness (QED) is 0.703. The van der Waals surface area contributed by atoms with Crippen LogP contribution in [0.5, 0.6) is 0 Å². The van der Waals surface area contributed by atoms with Gasteiger partial charge in [-0.25, -0.2) is 0 Å². The zero-order valence-corrected chi connectivity index (χ0v) is 10.3. The molecule has 92 valence electrons. The first kappa shape index (κ1) is 13.2. The molecule has 0 aliphatic heterocycles. The molecular weight excluding hydrogens is 204 g/mol. The van der Waals surface area contributed by atoms with E-state index in [0.717, 1.165) is 25.4 Å². The lowest BCUT2D eigenvalue weighted by atomic mass is 10.3. The minimum absolute atomic E-state index is 0.257. The Labute approximate surface area is 97.4 Å². The first-order valence-electron chi connectivity index (χ1n) is 5.71. The largest absolute Gasteiger partial charge is 0.468 e. The monoisotopic (exact) mass is 226 g/mol. The topological polar surface area (TPSA) is 46.4 Å². The first-order chi connectivity index (χ1) is 7.72. The van der Waals surface area contributed by atoms with Crippen molar-refractivity contribution in [3.63, 3.8) is 0 Å². The summed E-state index contributed by atoms with van der Waals surface area (Å²) in [5.41, 5.74) is 0. The van der Waals surface area contributed by atoms with Crippen molar-refractivity contribution in [2.24, 2.45) is 0 Å². The molecule has 0 fully saturated rings. The van der Waals surface area contributed by atoms with Crippen molar-refractivity contribution in [2.75, 3.05) is 20.2 Å². The van der Waals surface area contributed by atoms with Gasteiger partial charge in [0.25, 0.3) is 0 Å². The Hall–Kier alpha value is -0.840. The van der Waals surface area contributed by atoms with Gasteiger partial charge in [-0.2, -0.15) is 0 Å². The highest BCUT2D eigenvalue weighted by molar-refractivity contribution is 4.97. The van der Waals surface area contributed by atoms with Crippen LogP contribution in [0, 0.1) is 0 Å². The summed E-state index contributed by atoms with van der Waals surface area (Å²) in [6.07, 6.45) is 1.95. The van der Waals surface area contributed by atoms with Gasteiger partial charge in [0.1, 0.15) is 5.76 Å². The van der Waals surface area contributed by atoms with E-state index in [4.69, 9.17) is 9.15 Å². The molecule has 16 heavy (non-hydrogen) atoms. The van der Waals surface area contributed by atoms with E-state index in [1.54, 1.807) is 13.4 Å². The standard InChI is InChI=1S/C12H22N2O2/c1-10(14-8-11(2)15-3)7-13-9-12-5-4-6-16-12/h4-6,10-11,13-14H,7-9H2,1-3H3. The van der Waals surface area contributed by atoms with Gasteiger partial charge in [-0.3, -0.25) is 0 Å². The molecule has 0 spiro atoms. The Balaban J connectivity index is 2.04. The van der Waals surface area contributed by atoms with Gasteiger partial charge in [0.05, 0.1) is 18.9 Å². The van der Waals surface area contributed by atoms with Crippen molar-refractivity contribution in [3.8, 4) is 0 Å². The third kappa shape index (κ3) is 5.30. The number of furan rings is 1. The summed E-state index contributed by atoms with van der Waals surface area (Å²) in [4.78, 5) is 0. The zero-order valence-electron chi connectivity index (χ0n) is 10.3. The van der Waals surface area contributed by atoms with E-state index in [9.17, 15) is 0 Å². The van der Waals surface area contributed by atoms with Crippen molar-refractivity contribution >= 4 is 0 Å². The van der Waals surface area contributed by atoms with Crippen LogP contribution in [0.2, 0.25) is 0 Å². The third-order valence-corrected chi connectivity index (χ3v) is 2.49. The number of hydrogen-bond acceptors (Lipinski definition) is 4. The Morgan fingerprint density at radius 2 is 2.19 bits per heavy atom. The number of hydrogen-bond donors (Lipinski definition) is 2. The molecule has 0 radical (unpaired) electrons. The molecule has 1 heterocycles. The molecule has 0 aromatic carbocycles. The Kier molecular flexibility index (Phi) is 6.15. The van der Waals surface area contributed by atoms with Crippen molar-refractivity contribution < 1.29 is 9.15 Å². The zero-order chi connectivity index (χ0) is 11.8. The summed E-state index contributed by atoms with van der Waals surface area (Å²) >= 11 is 0. The van der Waals surface area contributed by atoms with Crippen molar-refractivity contribution in [1.29, 1.82) is 0 Å². The van der Waals surface area contributed by atoms with Crippen LogP contribution >= 0.6 is 0 Å². The van der Waals surface area contributed by atoms with Gasteiger partial charge in [-0.1, -0.05) is 0 Å². The number of rotatable bonds is 8. The van der Waals surface area contributed by atoms with Gasteiger partial charge in [0.15, 0.2) is 0 Å². The van der Waals surface area contributed by atoms with Crippen LogP contribution in [-0.2, 0) is 11.3 Å². The maximum Gasteiger partial charge on any atom is 0.117 e. The van der Waals surface area contributed by atoms with Gasteiger partial charge in [-0.15, -0.1) is 0 Å². The molecule has 0 bridgehead atoms. The lowest BCUT2D eigenvalue weighted by molar-refractivity contribution is 0.114. The lowest BCUT2D eigenvalue weighted by Crippen LogP contribution is -2.39. The molecule has 0 aliphatic carbocycles. The van der Waals surface area contributed by atoms with Crippen LogP contribution in [0.4, 0.5) is 0 Å². The molecule has 1 aromatic heterocycles. The maximum absolute atomic E-state index is 5.23. The second-order valence-corrected chi connectivity index (χ2v) is 4.07.